The van der Waals surface area contributed by atoms with Crippen LogP contribution in [0.15, 0.2) is 11.4 Å². The molecule has 0 atom stereocenters. The van der Waals surface area contributed by atoms with Crippen molar-refractivity contribution in [1.82, 2.24) is 10.2 Å². The van der Waals surface area contributed by atoms with Crippen LogP contribution in [0.3, 0.4) is 0 Å². The summed E-state index contributed by atoms with van der Waals surface area (Å²) in [4.78, 5) is 13.9. The number of nitriles is 1. The van der Waals surface area contributed by atoms with Crippen molar-refractivity contribution in [2.24, 2.45) is 0 Å². The number of thiophene rings is 1. The minimum Gasteiger partial charge on any atom is -0.317 e. The monoisotopic (exact) mass is 264 g/mol. The van der Waals surface area contributed by atoms with Gasteiger partial charge in [0.05, 0.1) is 5.56 Å². The van der Waals surface area contributed by atoms with Gasteiger partial charge >= 0.3 is 0 Å². The van der Waals surface area contributed by atoms with Crippen LogP contribution in [-0.4, -0.2) is 43.5 Å². The molecule has 0 saturated carbocycles. The second-order valence-corrected chi connectivity index (χ2v) is 5.28. The summed E-state index contributed by atoms with van der Waals surface area (Å²) in [5.41, 5.74) is 0.532. The second-order valence-electron chi connectivity index (χ2n) is 4.37. The van der Waals surface area contributed by atoms with Crippen molar-refractivity contribution >= 4 is 22.2 Å². The van der Waals surface area contributed by atoms with Crippen LogP contribution in [0.2, 0.25) is 0 Å². The van der Waals surface area contributed by atoms with E-state index in [2.05, 4.69) is 21.6 Å². The van der Waals surface area contributed by atoms with E-state index in [0.717, 1.165) is 19.6 Å². The lowest BCUT2D eigenvalue weighted by atomic mass is 10.1. The molecule has 0 radical (unpaired) electrons. The first-order valence-corrected chi connectivity index (χ1v) is 6.77. The molecular formula is C12H16N4OS. The Morgan fingerprint density at radius 3 is 3.11 bits per heavy atom. The van der Waals surface area contributed by atoms with Gasteiger partial charge in [-0.1, -0.05) is 0 Å². The maximum absolute atomic E-state index is 11.8. The molecule has 96 valence electrons. The van der Waals surface area contributed by atoms with Gasteiger partial charge in [0.15, 0.2) is 0 Å². The van der Waals surface area contributed by atoms with Crippen LogP contribution in [0.1, 0.15) is 12.0 Å². The van der Waals surface area contributed by atoms with Gasteiger partial charge in [0.2, 0.25) is 5.91 Å². The number of rotatable bonds is 5. The molecule has 5 nitrogen and oxygen atoms in total. The van der Waals surface area contributed by atoms with E-state index in [4.69, 9.17) is 5.26 Å². The Kier molecular flexibility index (Phi) is 4.31. The molecule has 2 heterocycles. The molecule has 6 heteroatoms. The van der Waals surface area contributed by atoms with Gasteiger partial charge in [0.1, 0.15) is 11.1 Å². The largest absolute Gasteiger partial charge is 0.317 e. The lowest BCUT2D eigenvalue weighted by molar-refractivity contribution is -0.116. The van der Waals surface area contributed by atoms with E-state index >= 15 is 0 Å². The first kappa shape index (κ1) is 13.0. The number of likely N-dealkylation sites (N-methyl/N-ethyl adjacent to an activating group) is 1. The smallest absolute Gasteiger partial charge is 0.226 e. The van der Waals surface area contributed by atoms with E-state index in [1.54, 1.807) is 11.4 Å². The third-order valence-electron chi connectivity index (χ3n) is 3.11. The maximum Gasteiger partial charge on any atom is 0.226 e. The molecular weight excluding hydrogens is 248 g/mol. The third-order valence-corrected chi connectivity index (χ3v) is 3.94. The number of carbonyl (C=O) groups excluding carboxylic acids is 1. The van der Waals surface area contributed by atoms with E-state index in [1.165, 1.54) is 11.3 Å². The number of amides is 1. The molecule has 1 aromatic rings. The molecule has 0 aliphatic carbocycles. The first-order chi connectivity index (χ1) is 8.70. The summed E-state index contributed by atoms with van der Waals surface area (Å²) in [6.07, 6.45) is 0.454. The van der Waals surface area contributed by atoms with E-state index in [-0.39, 0.29) is 5.91 Å². The molecule has 1 fully saturated rings. The molecule has 0 spiro atoms. The van der Waals surface area contributed by atoms with Crippen LogP contribution in [0.4, 0.5) is 5.00 Å². The van der Waals surface area contributed by atoms with E-state index in [1.807, 2.05) is 7.05 Å². The molecule has 0 aromatic carbocycles. The third kappa shape index (κ3) is 3.07. The highest BCUT2D eigenvalue weighted by Gasteiger charge is 2.21. The Labute approximate surface area is 110 Å². The SMILES string of the molecule is CN(CCC(=O)Nc1sccc1C#N)C1CNC1. The van der Waals surface area contributed by atoms with Gasteiger partial charge in [-0.25, -0.2) is 0 Å². The quantitative estimate of drug-likeness (QED) is 0.827. The number of hydrogen-bond acceptors (Lipinski definition) is 5. The fraction of sp³-hybridized carbons (Fsp3) is 0.500. The molecule has 1 amide bonds. The normalized spacial score (nSPS) is 15.2. The Morgan fingerprint density at radius 1 is 1.72 bits per heavy atom. The van der Waals surface area contributed by atoms with E-state index < -0.39 is 0 Å². The average Bonchev–Trinajstić information content (AvgIpc) is 2.71. The number of nitrogens with zero attached hydrogens (tertiary/aromatic N) is 2. The predicted octanol–water partition coefficient (Wildman–Crippen LogP) is 0.852. The molecule has 1 aliphatic heterocycles. The summed E-state index contributed by atoms with van der Waals surface area (Å²) >= 11 is 1.38. The predicted molar refractivity (Wildman–Crippen MR) is 71.6 cm³/mol. The maximum atomic E-state index is 11.8. The standard InChI is InChI=1S/C12H16N4OS/c1-16(10-7-14-8-10)4-2-11(17)15-12-9(6-13)3-5-18-12/h3,5,10,14H,2,4,7-8H2,1H3,(H,15,17). The minimum absolute atomic E-state index is 0.0342. The highest BCUT2D eigenvalue weighted by molar-refractivity contribution is 7.14. The summed E-state index contributed by atoms with van der Waals surface area (Å²) in [6.45, 7) is 2.74. The van der Waals surface area contributed by atoms with Crippen LogP contribution >= 0.6 is 11.3 Å². The van der Waals surface area contributed by atoms with Gasteiger partial charge in [0.25, 0.3) is 0 Å². The van der Waals surface area contributed by atoms with Crippen LogP contribution in [0.25, 0.3) is 0 Å². The lowest BCUT2D eigenvalue weighted by Crippen LogP contribution is -2.56. The van der Waals surface area contributed by atoms with Crippen molar-refractivity contribution in [1.29, 1.82) is 5.26 Å². The average molecular weight is 264 g/mol. The van der Waals surface area contributed by atoms with Gasteiger partial charge in [0, 0.05) is 32.1 Å². The molecule has 0 bridgehead atoms. The van der Waals surface area contributed by atoms with Gasteiger partial charge in [-0.05, 0) is 18.5 Å². The van der Waals surface area contributed by atoms with Gasteiger partial charge < -0.3 is 15.5 Å². The van der Waals surface area contributed by atoms with Crippen LogP contribution in [0.5, 0.6) is 0 Å². The van der Waals surface area contributed by atoms with Crippen LogP contribution in [0, 0.1) is 11.3 Å². The summed E-state index contributed by atoms with van der Waals surface area (Å²) in [7, 11) is 2.03. The summed E-state index contributed by atoms with van der Waals surface area (Å²) in [5.74, 6) is -0.0342. The zero-order chi connectivity index (χ0) is 13.0. The summed E-state index contributed by atoms with van der Waals surface area (Å²) in [6, 6.07) is 4.32. The van der Waals surface area contributed by atoms with Crippen molar-refractivity contribution in [3.63, 3.8) is 0 Å². The highest BCUT2D eigenvalue weighted by Crippen LogP contribution is 2.22. The van der Waals surface area contributed by atoms with Crippen molar-refractivity contribution in [2.45, 2.75) is 12.5 Å². The summed E-state index contributed by atoms with van der Waals surface area (Å²) < 4.78 is 0. The molecule has 2 N–H and O–H groups in total. The first-order valence-electron chi connectivity index (χ1n) is 5.89. The Morgan fingerprint density at radius 2 is 2.50 bits per heavy atom. The Bertz CT molecular complexity index is 461. The highest BCUT2D eigenvalue weighted by atomic mass is 32.1. The number of anilines is 1. The number of nitrogens with one attached hydrogen (secondary N) is 2. The van der Waals surface area contributed by atoms with Gasteiger partial charge in [-0.2, -0.15) is 5.26 Å². The van der Waals surface area contributed by atoms with E-state index in [9.17, 15) is 4.79 Å². The topological polar surface area (TPSA) is 68.2 Å². The van der Waals surface area contributed by atoms with Crippen LogP contribution in [-0.2, 0) is 4.79 Å². The van der Waals surface area contributed by atoms with Crippen molar-refractivity contribution < 1.29 is 4.79 Å². The van der Waals surface area contributed by atoms with Crippen molar-refractivity contribution in [3.8, 4) is 6.07 Å². The van der Waals surface area contributed by atoms with Crippen molar-refractivity contribution in [3.05, 3.63) is 17.0 Å². The minimum atomic E-state index is -0.0342. The molecule has 1 aliphatic rings. The second kappa shape index (κ2) is 5.96. The molecule has 18 heavy (non-hydrogen) atoms. The fourth-order valence-electron chi connectivity index (χ4n) is 1.73. The zero-order valence-corrected chi connectivity index (χ0v) is 11.1. The molecule has 2 rings (SSSR count). The number of carbonyl (C=O) groups is 1. The Hall–Kier alpha value is -1.42. The lowest BCUT2D eigenvalue weighted by Gasteiger charge is -2.35. The van der Waals surface area contributed by atoms with Gasteiger partial charge in [-0.15, -0.1) is 11.3 Å². The fourth-order valence-corrected chi connectivity index (χ4v) is 2.48. The molecule has 1 aromatic heterocycles. The summed E-state index contributed by atoms with van der Waals surface area (Å²) in [5, 5.41) is 17.3. The molecule has 1 saturated heterocycles. The zero-order valence-electron chi connectivity index (χ0n) is 10.3. The molecule has 0 unspecified atom stereocenters. The van der Waals surface area contributed by atoms with Gasteiger partial charge in [-0.3, -0.25) is 4.79 Å². The Balaban J connectivity index is 1.77. The van der Waals surface area contributed by atoms with E-state index in [0.29, 0.717) is 23.0 Å². The van der Waals surface area contributed by atoms with Crippen molar-refractivity contribution in [2.75, 3.05) is 32.0 Å². The van der Waals surface area contributed by atoms with Crippen LogP contribution < -0.4 is 10.6 Å². The number of hydrogen-bond donors (Lipinski definition) is 2.